The van der Waals surface area contributed by atoms with Crippen molar-refractivity contribution in [1.29, 1.82) is 5.41 Å². The third-order valence-corrected chi connectivity index (χ3v) is 5.79. The smallest absolute Gasteiger partial charge is 0.272 e. The van der Waals surface area contributed by atoms with E-state index in [1.54, 1.807) is 12.0 Å². The second-order valence-electron chi connectivity index (χ2n) is 7.67. The predicted octanol–water partition coefficient (Wildman–Crippen LogP) is 1.01. The predicted molar refractivity (Wildman–Crippen MR) is 124 cm³/mol. The van der Waals surface area contributed by atoms with E-state index in [4.69, 9.17) is 21.7 Å². The molecule has 2 aliphatic heterocycles. The average molecular weight is 442 g/mol. The molecule has 10 heteroatoms. The molecule has 0 aromatic heterocycles. The zero-order valence-electron chi connectivity index (χ0n) is 18.3. The minimum Gasteiger partial charge on any atom is -0.494 e. The molecule has 172 valence electrons. The van der Waals surface area contributed by atoms with Crippen molar-refractivity contribution < 1.29 is 14.3 Å². The number of hydrogen-bond donors (Lipinski definition) is 4. The first-order valence-electron chi connectivity index (χ1n) is 10.6. The molecule has 2 atom stereocenters. The van der Waals surface area contributed by atoms with E-state index in [0.29, 0.717) is 18.8 Å². The van der Waals surface area contributed by atoms with Crippen LogP contribution in [0.3, 0.4) is 0 Å². The summed E-state index contributed by atoms with van der Waals surface area (Å²) in [4.78, 5) is 29.2. The van der Waals surface area contributed by atoms with Gasteiger partial charge in [0.05, 0.1) is 24.4 Å². The maximum atomic E-state index is 13.0. The zero-order chi connectivity index (χ0) is 23.3. The lowest BCUT2D eigenvalue weighted by Gasteiger charge is -2.39. The van der Waals surface area contributed by atoms with E-state index >= 15 is 0 Å². The maximum absolute atomic E-state index is 13.0. The Bertz CT molecular complexity index is 917. The molecule has 3 rings (SSSR count). The molecule has 0 aliphatic carbocycles. The summed E-state index contributed by atoms with van der Waals surface area (Å²) in [5.74, 6) is 6.29. The Balaban J connectivity index is 2.02. The Labute approximate surface area is 187 Å². The summed E-state index contributed by atoms with van der Waals surface area (Å²) in [5, 5.41) is 11.9. The highest BCUT2D eigenvalue weighted by Gasteiger charge is 2.42. The number of carbonyl (C=O) groups is 2. The number of nitrogens with zero attached hydrogens (tertiary/aromatic N) is 3. The molecule has 6 N–H and O–H groups in total. The molecule has 1 aromatic rings. The van der Waals surface area contributed by atoms with E-state index in [9.17, 15) is 9.59 Å². The lowest BCUT2D eigenvalue weighted by molar-refractivity contribution is -0.129. The number of likely N-dealkylation sites (tertiary alicyclic amines) is 1. The fourth-order valence-electron chi connectivity index (χ4n) is 4.26. The summed E-state index contributed by atoms with van der Waals surface area (Å²) in [6.45, 7) is 4.83. The number of amides is 2. The van der Waals surface area contributed by atoms with Gasteiger partial charge < -0.3 is 31.0 Å². The first-order chi connectivity index (χ1) is 15.5. The highest BCUT2D eigenvalue weighted by molar-refractivity contribution is 6.11. The number of rotatable bonds is 7. The standard InChI is InChI=1S/C22H31N7O3/c1-3-19(30)27-12-5-4-7-16(14-27)28-20-17(8-6-9-18(20)32-2)26-22(28)29(25)21(31)15(13-24)10-11-23/h3,6,8-10,13,16,22,24,26H,1,4-5,7,11-12,14,23,25H2,2H3/b15-10+,24-13?/t16-,22?/m1/s1. The van der Waals surface area contributed by atoms with Crippen LogP contribution in [0.15, 0.2) is 42.5 Å². The summed E-state index contributed by atoms with van der Waals surface area (Å²) in [7, 11) is 1.59. The van der Waals surface area contributed by atoms with E-state index in [0.717, 1.165) is 41.9 Å². The van der Waals surface area contributed by atoms with Crippen LogP contribution in [-0.4, -0.2) is 67.0 Å². The number of hydrazine groups is 1. The molecule has 32 heavy (non-hydrogen) atoms. The topological polar surface area (TPSA) is 141 Å². The number of ether oxygens (including phenoxy) is 1. The van der Waals surface area contributed by atoms with Crippen LogP contribution in [0.5, 0.6) is 5.75 Å². The van der Waals surface area contributed by atoms with Crippen molar-refractivity contribution >= 4 is 29.4 Å². The summed E-state index contributed by atoms with van der Waals surface area (Å²) in [6.07, 6.45) is 5.58. The molecule has 2 amide bonds. The summed E-state index contributed by atoms with van der Waals surface area (Å²) >= 11 is 0. The van der Waals surface area contributed by atoms with Gasteiger partial charge in [0, 0.05) is 25.8 Å². The number of benzene rings is 1. The van der Waals surface area contributed by atoms with Crippen molar-refractivity contribution in [3.8, 4) is 5.75 Å². The molecule has 0 saturated carbocycles. The molecular formula is C22H31N7O3. The number of fused-ring (bicyclic) bond motifs is 1. The van der Waals surface area contributed by atoms with Gasteiger partial charge in [-0.25, -0.2) is 10.9 Å². The highest BCUT2D eigenvalue weighted by Crippen LogP contribution is 2.44. The Hall–Kier alpha value is -3.37. The summed E-state index contributed by atoms with van der Waals surface area (Å²) < 4.78 is 5.61. The Morgan fingerprint density at radius 3 is 2.84 bits per heavy atom. The molecule has 0 bridgehead atoms. The van der Waals surface area contributed by atoms with Crippen molar-refractivity contribution in [1.82, 2.24) is 9.91 Å². The molecule has 1 aromatic carbocycles. The van der Waals surface area contributed by atoms with Gasteiger partial charge in [-0.1, -0.05) is 18.7 Å². The normalized spacial score (nSPS) is 20.7. The number of nitrogens with one attached hydrogen (secondary N) is 2. The lowest BCUT2D eigenvalue weighted by atomic mass is 10.1. The molecule has 2 aliphatic rings. The fraction of sp³-hybridized carbons (Fsp3) is 0.409. The second-order valence-corrected chi connectivity index (χ2v) is 7.67. The number of methoxy groups -OCH3 is 1. The number of anilines is 2. The van der Waals surface area contributed by atoms with E-state index in [1.807, 2.05) is 23.1 Å². The molecule has 1 unspecified atom stereocenters. The monoisotopic (exact) mass is 441 g/mol. The van der Waals surface area contributed by atoms with E-state index in [2.05, 4.69) is 11.9 Å². The van der Waals surface area contributed by atoms with Crippen LogP contribution in [0.2, 0.25) is 0 Å². The maximum Gasteiger partial charge on any atom is 0.272 e. The van der Waals surface area contributed by atoms with Crippen LogP contribution in [0.1, 0.15) is 19.3 Å². The number of carbonyl (C=O) groups excluding carboxylic acids is 2. The van der Waals surface area contributed by atoms with E-state index < -0.39 is 12.2 Å². The molecule has 2 heterocycles. The molecule has 0 spiro atoms. The van der Waals surface area contributed by atoms with Gasteiger partial charge >= 0.3 is 0 Å². The van der Waals surface area contributed by atoms with Gasteiger partial charge in [0.2, 0.25) is 5.91 Å². The van der Waals surface area contributed by atoms with Crippen molar-refractivity contribution in [2.45, 2.75) is 31.6 Å². The number of para-hydroxylation sites is 1. The van der Waals surface area contributed by atoms with Crippen molar-refractivity contribution in [3.05, 3.63) is 42.5 Å². The van der Waals surface area contributed by atoms with Crippen molar-refractivity contribution in [2.24, 2.45) is 11.6 Å². The van der Waals surface area contributed by atoms with Gasteiger partial charge in [-0.2, -0.15) is 0 Å². The van der Waals surface area contributed by atoms with E-state index in [1.165, 1.54) is 12.2 Å². The first kappa shape index (κ1) is 23.3. The molecule has 0 radical (unpaired) electrons. The van der Waals surface area contributed by atoms with Crippen LogP contribution in [0.25, 0.3) is 0 Å². The van der Waals surface area contributed by atoms with Gasteiger partial charge in [0.15, 0.2) is 6.29 Å². The SMILES string of the molecule is C=CC(=O)N1CCCC[C@@H](N2c3c(cccc3OC)NC2N(N)C(=O)/C(C=N)=C/CN)C1. The van der Waals surface area contributed by atoms with Crippen LogP contribution < -0.4 is 26.5 Å². The van der Waals surface area contributed by atoms with Crippen LogP contribution >= 0.6 is 0 Å². The molecule has 1 fully saturated rings. The van der Waals surface area contributed by atoms with Crippen LogP contribution in [0, 0.1) is 5.41 Å². The summed E-state index contributed by atoms with van der Waals surface area (Å²) in [5.41, 5.74) is 7.19. The van der Waals surface area contributed by atoms with Crippen molar-refractivity contribution in [3.63, 3.8) is 0 Å². The van der Waals surface area contributed by atoms with Gasteiger partial charge in [0.25, 0.3) is 5.91 Å². The van der Waals surface area contributed by atoms with Gasteiger partial charge in [-0.3, -0.25) is 9.59 Å². The molecular weight excluding hydrogens is 410 g/mol. The second kappa shape index (κ2) is 10.3. The molecule has 10 nitrogen and oxygen atoms in total. The quantitative estimate of drug-likeness (QED) is 0.163. The Kier molecular flexibility index (Phi) is 7.49. The third kappa shape index (κ3) is 4.46. The largest absolute Gasteiger partial charge is 0.494 e. The third-order valence-electron chi connectivity index (χ3n) is 5.79. The van der Waals surface area contributed by atoms with Gasteiger partial charge in [0.1, 0.15) is 11.4 Å². The lowest BCUT2D eigenvalue weighted by Crippen LogP contribution is -2.60. The minimum absolute atomic E-state index is 0.101. The van der Waals surface area contributed by atoms with Crippen LogP contribution in [0.4, 0.5) is 11.4 Å². The van der Waals surface area contributed by atoms with Gasteiger partial charge in [-0.05, 0) is 37.5 Å². The summed E-state index contributed by atoms with van der Waals surface area (Å²) in [6, 6.07) is 5.46. The average Bonchev–Trinajstić information content (AvgIpc) is 3.04. The number of hydrogen-bond acceptors (Lipinski definition) is 8. The van der Waals surface area contributed by atoms with Crippen molar-refractivity contribution in [2.75, 3.05) is 37.0 Å². The van der Waals surface area contributed by atoms with Gasteiger partial charge in [-0.15, -0.1) is 0 Å². The molecule has 1 saturated heterocycles. The first-order valence-corrected chi connectivity index (χ1v) is 10.6. The Morgan fingerprint density at radius 2 is 2.19 bits per heavy atom. The number of nitrogens with two attached hydrogens (primary N) is 2. The van der Waals surface area contributed by atoms with E-state index in [-0.39, 0.29) is 24.1 Å². The Morgan fingerprint density at radius 1 is 1.41 bits per heavy atom. The van der Waals surface area contributed by atoms with Crippen LogP contribution in [-0.2, 0) is 9.59 Å². The fourth-order valence-corrected chi connectivity index (χ4v) is 4.26. The zero-order valence-corrected chi connectivity index (χ0v) is 18.3. The highest BCUT2D eigenvalue weighted by atomic mass is 16.5. The minimum atomic E-state index is -0.737.